The zero-order valence-corrected chi connectivity index (χ0v) is 8.22. The molecule has 0 rings (SSSR count). The van der Waals surface area contributed by atoms with Crippen LogP contribution in [-0.4, -0.2) is 11.6 Å². The standard InChI is InChI=1S/C10H18O2/c1-4-6-9(7-5-2)10(12)8(3)11/h9H,4-7H2,1-3H3. The molecule has 0 aromatic rings. The van der Waals surface area contributed by atoms with Crippen LogP contribution in [0.4, 0.5) is 0 Å². The fourth-order valence-electron chi connectivity index (χ4n) is 1.39. The Bertz CT molecular complexity index is 155. The van der Waals surface area contributed by atoms with Gasteiger partial charge in [0.25, 0.3) is 0 Å². The highest BCUT2D eigenvalue weighted by Gasteiger charge is 2.19. The summed E-state index contributed by atoms with van der Waals surface area (Å²) in [5.74, 6) is -0.488. The maximum Gasteiger partial charge on any atom is 0.201 e. The van der Waals surface area contributed by atoms with Gasteiger partial charge in [-0.15, -0.1) is 0 Å². The second-order valence-corrected chi connectivity index (χ2v) is 3.19. The summed E-state index contributed by atoms with van der Waals surface area (Å²) in [7, 11) is 0. The van der Waals surface area contributed by atoms with Gasteiger partial charge in [-0.2, -0.15) is 0 Å². The van der Waals surface area contributed by atoms with Gasteiger partial charge in [0.2, 0.25) is 5.78 Å². The lowest BCUT2D eigenvalue weighted by atomic mass is 9.92. The van der Waals surface area contributed by atoms with Crippen LogP contribution < -0.4 is 0 Å². The Morgan fingerprint density at radius 1 is 1.08 bits per heavy atom. The van der Waals surface area contributed by atoms with Crippen molar-refractivity contribution in [1.29, 1.82) is 0 Å². The van der Waals surface area contributed by atoms with Crippen LogP contribution in [0.25, 0.3) is 0 Å². The number of ketones is 2. The molecule has 0 fully saturated rings. The van der Waals surface area contributed by atoms with Gasteiger partial charge in [0.15, 0.2) is 5.78 Å². The van der Waals surface area contributed by atoms with Crippen molar-refractivity contribution in [3.63, 3.8) is 0 Å². The first-order valence-corrected chi connectivity index (χ1v) is 4.68. The molecule has 0 aliphatic heterocycles. The molecule has 0 saturated carbocycles. The van der Waals surface area contributed by atoms with E-state index in [0.717, 1.165) is 25.7 Å². The Labute approximate surface area is 74.3 Å². The van der Waals surface area contributed by atoms with E-state index in [2.05, 4.69) is 0 Å². The van der Waals surface area contributed by atoms with Crippen molar-refractivity contribution in [1.82, 2.24) is 0 Å². The van der Waals surface area contributed by atoms with Gasteiger partial charge in [0.1, 0.15) is 0 Å². The molecule has 0 aliphatic carbocycles. The van der Waals surface area contributed by atoms with Gasteiger partial charge in [0.05, 0.1) is 0 Å². The van der Waals surface area contributed by atoms with E-state index in [1.165, 1.54) is 6.92 Å². The molecule has 0 radical (unpaired) electrons. The normalized spacial score (nSPS) is 10.3. The number of hydrogen-bond donors (Lipinski definition) is 0. The molecular formula is C10H18O2. The first-order valence-electron chi connectivity index (χ1n) is 4.68. The quantitative estimate of drug-likeness (QED) is 0.573. The number of carbonyl (C=O) groups excluding carboxylic acids is 2. The molecule has 12 heavy (non-hydrogen) atoms. The van der Waals surface area contributed by atoms with Gasteiger partial charge >= 0.3 is 0 Å². The van der Waals surface area contributed by atoms with Crippen LogP contribution in [0.3, 0.4) is 0 Å². The van der Waals surface area contributed by atoms with Crippen molar-refractivity contribution in [3.8, 4) is 0 Å². The lowest BCUT2D eigenvalue weighted by Crippen LogP contribution is -2.21. The average Bonchev–Trinajstić information content (AvgIpc) is 2.03. The largest absolute Gasteiger partial charge is 0.291 e. The smallest absolute Gasteiger partial charge is 0.201 e. The lowest BCUT2D eigenvalue weighted by Gasteiger charge is -2.10. The summed E-state index contributed by atoms with van der Waals surface area (Å²) >= 11 is 0. The summed E-state index contributed by atoms with van der Waals surface area (Å²) in [5.41, 5.74) is 0. The van der Waals surface area contributed by atoms with Crippen molar-refractivity contribution in [2.75, 3.05) is 0 Å². The maximum absolute atomic E-state index is 11.3. The molecule has 0 aliphatic rings. The summed E-state index contributed by atoms with van der Waals surface area (Å²) in [5, 5.41) is 0. The van der Waals surface area contributed by atoms with Crippen LogP contribution in [0.2, 0.25) is 0 Å². The fraction of sp³-hybridized carbons (Fsp3) is 0.800. The van der Waals surface area contributed by atoms with Crippen LogP contribution in [0.1, 0.15) is 46.5 Å². The highest BCUT2D eigenvalue weighted by Crippen LogP contribution is 2.14. The predicted octanol–water partition coefficient (Wildman–Crippen LogP) is 2.36. The number of hydrogen-bond acceptors (Lipinski definition) is 2. The zero-order chi connectivity index (χ0) is 9.56. The van der Waals surface area contributed by atoms with Crippen LogP contribution in [0.5, 0.6) is 0 Å². The molecule has 0 amide bonds. The van der Waals surface area contributed by atoms with Crippen molar-refractivity contribution >= 4 is 11.6 Å². The Kier molecular flexibility index (Phi) is 5.60. The molecule has 0 bridgehead atoms. The topological polar surface area (TPSA) is 34.1 Å². The van der Waals surface area contributed by atoms with Crippen molar-refractivity contribution in [3.05, 3.63) is 0 Å². The molecule has 2 nitrogen and oxygen atoms in total. The van der Waals surface area contributed by atoms with Gasteiger partial charge in [-0.05, 0) is 12.8 Å². The summed E-state index contributed by atoms with van der Waals surface area (Å²) < 4.78 is 0. The Balaban J connectivity index is 4.08. The van der Waals surface area contributed by atoms with Gasteiger partial charge in [-0.1, -0.05) is 26.7 Å². The van der Waals surface area contributed by atoms with Crippen molar-refractivity contribution in [2.45, 2.75) is 46.5 Å². The SMILES string of the molecule is CCCC(CCC)C(=O)C(C)=O. The van der Waals surface area contributed by atoms with Crippen LogP contribution in [-0.2, 0) is 9.59 Å². The van der Waals surface area contributed by atoms with E-state index in [4.69, 9.17) is 0 Å². The molecule has 0 spiro atoms. The molecule has 0 aromatic carbocycles. The van der Waals surface area contributed by atoms with E-state index in [1.807, 2.05) is 13.8 Å². The highest BCUT2D eigenvalue weighted by molar-refractivity contribution is 6.36. The van der Waals surface area contributed by atoms with Gasteiger partial charge in [0, 0.05) is 12.8 Å². The maximum atomic E-state index is 11.3. The second kappa shape index (κ2) is 5.92. The summed E-state index contributed by atoms with van der Waals surface area (Å²) in [6.45, 7) is 5.44. The van der Waals surface area contributed by atoms with Gasteiger partial charge in [-0.25, -0.2) is 0 Å². The third-order valence-corrected chi connectivity index (χ3v) is 1.99. The van der Waals surface area contributed by atoms with Crippen LogP contribution >= 0.6 is 0 Å². The summed E-state index contributed by atoms with van der Waals surface area (Å²) in [6.07, 6.45) is 3.66. The molecule has 0 atom stereocenters. The van der Waals surface area contributed by atoms with E-state index in [0.29, 0.717) is 0 Å². The first kappa shape index (κ1) is 11.3. The fourth-order valence-corrected chi connectivity index (χ4v) is 1.39. The van der Waals surface area contributed by atoms with Crippen molar-refractivity contribution in [2.24, 2.45) is 5.92 Å². The van der Waals surface area contributed by atoms with E-state index >= 15 is 0 Å². The monoisotopic (exact) mass is 170 g/mol. The van der Waals surface area contributed by atoms with Crippen LogP contribution in [0, 0.1) is 5.92 Å². The van der Waals surface area contributed by atoms with E-state index in [9.17, 15) is 9.59 Å². The highest BCUT2D eigenvalue weighted by atomic mass is 16.2. The zero-order valence-electron chi connectivity index (χ0n) is 8.22. The average molecular weight is 170 g/mol. The van der Waals surface area contributed by atoms with E-state index in [1.54, 1.807) is 0 Å². The lowest BCUT2D eigenvalue weighted by molar-refractivity contribution is -0.138. The van der Waals surface area contributed by atoms with Crippen LogP contribution in [0.15, 0.2) is 0 Å². The summed E-state index contributed by atoms with van der Waals surface area (Å²) in [4.78, 5) is 22.1. The molecule has 0 heterocycles. The van der Waals surface area contributed by atoms with Gasteiger partial charge < -0.3 is 0 Å². The number of rotatable bonds is 6. The Morgan fingerprint density at radius 3 is 1.75 bits per heavy atom. The minimum atomic E-state index is -0.290. The van der Waals surface area contributed by atoms with Crippen molar-refractivity contribution < 1.29 is 9.59 Å². The third kappa shape index (κ3) is 3.65. The molecule has 70 valence electrons. The van der Waals surface area contributed by atoms with E-state index < -0.39 is 0 Å². The third-order valence-electron chi connectivity index (χ3n) is 1.99. The second-order valence-electron chi connectivity index (χ2n) is 3.19. The number of Topliss-reactive ketones (excluding diaryl/α,β-unsaturated/α-hetero) is 2. The van der Waals surface area contributed by atoms with Gasteiger partial charge in [-0.3, -0.25) is 9.59 Å². The minimum absolute atomic E-state index is 0.0162. The predicted molar refractivity (Wildman–Crippen MR) is 49.0 cm³/mol. The molecule has 0 aromatic heterocycles. The Morgan fingerprint density at radius 2 is 1.50 bits per heavy atom. The Hall–Kier alpha value is -0.660. The molecule has 0 saturated heterocycles. The molecule has 0 N–H and O–H groups in total. The first-order chi connectivity index (χ1) is 5.63. The molecular weight excluding hydrogens is 152 g/mol. The van der Waals surface area contributed by atoms with E-state index in [-0.39, 0.29) is 17.5 Å². The summed E-state index contributed by atoms with van der Waals surface area (Å²) in [6, 6.07) is 0. The molecule has 2 heteroatoms. The molecule has 0 unspecified atom stereocenters. The minimum Gasteiger partial charge on any atom is -0.291 e. The number of carbonyl (C=O) groups is 2.